The molecule has 0 unspecified atom stereocenters. The fourth-order valence-corrected chi connectivity index (χ4v) is 3.20. The van der Waals surface area contributed by atoms with Gasteiger partial charge in [0.15, 0.2) is 11.5 Å². The molecule has 0 aliphatic carbocycles. The average molecular weight is 442 g/mol. The van der Waals surface area contributed by atoms with Gasteiger partial charge in [0.1, 0.15) is 0 Å². The van der Waals surface area contributed by atoms with Gasteiger partial charge in [0.2, 0.25) is 17.6 Å². The number of carbonyl (C=O) groups is 1. The van der Waals surface area contributed by atoms with E-state index in [0.29, 0.717) is 35.3 Å². The van der Waals surface area contributed by atoms with Crippen molar-refractivity contribution in [2.75, 3.05) is 19.5 Å². The van der Waals surface area contributed by atoms with Crippen LogP contribution < -0.4 is 14.8 Å². The third-order valence-electron chi connectivity index (χ3n) is 4.84. The highest BCUT2D eigenvalue weighted by Crippen LogP contribution is 2.28. The van der Waals surface area contributed by atoms with E-state index in [-0.39, 0.29) is 5.91 Å². The smallest absolute Gasteiger partial charge is 0.248 e. The number of amides is 1. The van der Waals surface area contributed by atoms with Gasteiger partial charge in [-0.2, -0.15) is 4.98 Å². The van der Waals surface area contributed by atoms with Crippen molar-refractivity contribution in [2.24, 2.45) is 0 Å². The molecule has 0 saturated carbocycles. The standard InChI is InChI=1S/C25H22N4O4/c1-31-21-11-9-17(14-22(21)32-2)10-12-23(30)27-20-8-4-3-6-18(20)15-24-28-25(29-33-24)19-7-5-13-26-16-19/h3-14,16H,15H2,1-2H3,(H,27,30)/b12-10+. The molecule has 0 spiro atoms. The SMILES string of the molecule is COc1ccc(/C=C/C(=O)Nc2ccccc2Cc2nc(-c3cccnc3)no2)cc1OC. The topological polar surface area (TPSA) is 99.4 Å². The summed E-state index contributed by atoms with van der Waals surface area (Å²) in [5.41, 5.74) is 3.10. The zero-order valence-corrected chi connectivity index (χ0v) is 18.2. The normalized spacial score (nSPS) is 10.8. The second kappa shape index (κ2) is 10.2. The van der Waals surface area contributed by atoms with Gasteiger partial charge >= 0.3 is 0 Å². The van der Waals surface area contributed by atoms with E-state index in [2.05, 4.69) is 20.4 Å². The van der Waals surface area contributed by atoms with Crippen molar-refractivity contribution in [2.45, 2.75) is 6.42 Å². The van der Waals surface area contributed by atoms with Crippen LogP contribution in [0.25, 0.3) is 17.5 Å². The molecule has 1 amide bonds. The number of hydrogen-bond acceptors (Lipinski definition) is 7. The predicted octanol–water partition coefficient (Wildman–Crippen LogP) is 4.39. The van der Waals surface area contributed by atoms with Crippen LogP contribution >= 0.6 is 0 Å². The quantitative estimate of drug-likeness (QED) is 0.404. The van der Waals surface area contributed by atoms with Crippen molar-refractivity contribution in [3.63, 3.8) is 0 Å². The fourth-order valence-electron chi connectivity index (χ4n) is 3.20. The molecule has 0 radical (unpaired) electrons. The van der Waals surface area contributed by atoms with Gasteiger partial charge < -0.3 is 19.3 Å². The molecule has 33 heavy (non-hydrogen) atoms. The lowest BCUT2D eigenvalue weighted by molar-refractivity contribution is -0.111. The highest BCUT2D eigenvalue weighted by Gasteiger charge is 2.12. The number of para-hydroxylation sites is 1. The van der Waals surface area contributed by atoms with Crippen LogP contribution in [0, 0.1) is 0 Å². The summed E-state index contributed by atoms with van der Waals surface area (Å²) in [5, 5.41) is 6.93. The number of nitrogens with zero attached hydrogens (tertiary/aromatic N) is 3. The monoisotopic (exact) mass is 442 g/mol. The van der Waals surface area contributed by atoms with Crippen molar-refractivity contribution in [1.82, 2.24) is 15.1 Å². The van der Waals surface area contributed by atoms with E-state index >= 15 is 0 Å². The highest BCUT2D eigenvalue weighted by atomic mass is 16.5. The van der Waals surface area contributed by atoms with Crippen LogP contribution in [0.3, 0.4) is 0 Å². The van der Waals surface area contributed by atoms with E-state index in [1.54, 1.807) is 44.8 Å². The number of aromatic nitrogens is 3. The largest absolute Gasteiger partial charge is 0.493 e. The molecular formula is C25H22N4O4. The maximum absolute atomic E-state index is 12.5. The third kappa shape index (κ3) is 5.43. The summed E-state index contributed by atoms with van der Waals surface area (Å²) >= 11 is 0. The molecule has 166 valence electrons. The van der Waals surface area contributed by atoms with Crippen molar-refractivity contribution in [1.29, 1.82) is 0 Å². The van der Waals surface area contributed by atoms with Gasteiger partial charge in [-0.25, -0.2) is 0 Å². The molecule has 4 aromatic rings. The van der Waals surface area contributed by atoms with E-state index in [0.717, 1.165) is 16.7 Å². The number of carbonyl (C=O) groups excluding carboxylic acids is 1. The summed E-state index contributed by atoms with van der Waals surface area (Å²) < 4.78 is 15.9. The molecule has 0 aliphatic rings. The molecular weight excluding hydrogens is 420 g/mol. The first kappa shape index (κ1) is 21.8. The minimum atomic E-state index is -0.265. The molecule has 2 heterocycles. The zero-order valence-electron chi connectivity index (χ0n) is 18.2. The number of hydrogen-bond donors (Lipinski definition) is 1. The molecule has 0 aliphatic heterocycles. The summed E-state index contributed by atoms with van der Waals surface area (Å²) in [6, 6.07) is 16.6. The molecule has 0 fully saturated rings. The van der Waals surface area contributed by atoms with Gasteiger partial charge in [0, 0.05) is 29.7 Å². The molecule has 2 aromatic heterocycles. The lowest BCUT2D eigenvalue weighted by Gasteiger charge is -2.09. The Labute approximate surface area is 190 Å². The average Bonchev–Trinajstić information content (AvgIpc) is 3.33. The van der Waals surface area contributed by atoms with Crippen LogP contribution in [0.15, 0.2) is 77.6 Å². The Morgan fingerprint density at radius 1 is 1.06 bits per heavy atom. The Bertz CT molecular complexity index is 1270. The number of rotatable bonds is 8. The summed E-state index contributed by atoms with van der Waals surface area (Å²) in [6.07, 6.45) is 6.91. The van der Waals surface area contributed by atoms with Crippen LogP contribution in [-0.2, 0) is 11.2 Å². The molecule has 1 N–H and O–H groups in total. The van der Waals surface area contributed by atoms with Gasteiger partial charge in [0.25, 0.3) is 0 Å². The number of nitrogens with one attached hydrogen (secondary N) is 1. The van der Waals surface area contributed by atoms with Gasteiger partial charge in [-0.1, -0.05) is 29.4 Å². The lowest BCUT2D eigenvalue weighted by atomic mass is 10.1. The van der Waals surface area contributed by atoms with Gasteiger partial charge in [-0.05, 0) is 47.5 Å². The van der Waals surface area contributed by atoms with E-state index in [1.807, 2.05) is 42.5 Å². The first-order valence-electron chi connectivity index (χ1n) is 10.2. The highest BCUT2D eigenvalue weighted by molar-refractivity contribution is 6.02. The summed E-state index contributed by atoms with van der Waals surface area (Å²) in [6.45, 7) is 0. The van der Waals surface area contributed by atoms with Crippen molar-refractivity contribution in [3.8, 4) is 22.9 Å². The van der Waals surface area contributed by atoms with E-state index in [4.69, 9.17) is 14.0 Å². The van der Waals surface area contributed by atoms with E-state index in [1.165, 1.54) is 6.08 Å². The maximum Gasteiger partial charge on any atom is 0.248 e. The molecule has 0 saturated heterocycles. The van der Waals surface area contributed by atoms with E-state index < -0.39 is 0 Å². The second-order valence-electron chi connectivity index (χ2n) is 7.02. The summed E-state index contributed by atoms with van der Waals surface area (Å²) in [7, 11) is 3.14. The number of anilines is 1. The lowest BCUT2D eigenvalue weighted by Crippen LogP contribution is -2.10. The number of pyridine rings is 1. The van der Waals surface area contributed by atoms with Gasteiger partial charge in [-0.3, -0.25) is 9.78 Å². The van der Waals surface area contributed by atoms with Crippen molar-refractivity contribution >= 4 is 17.7 Å². The molecule has 4 rings (SSSR count). The van der Waals surface area contributed by atoms with Gasteiger partial charge in [0.05, 0.1) is 20.6 Å². The van der Waals surface area contributed by atoms with Gasteiger partial charge in [-0.15, -0.1) is 0 Å². The molecule has 0 bridgehead atoms. The Balaban J connectivity index is 1.45. The molecule has 8 nitrogen and oxygen atoms in total. The molecule has 2 aromatic carbocycles. The predicted molar refractivity (Wildman–Crippen MR) is 124 cm³/mol. The van der Waals surface area contributed by atoms with E-state index in [9.17, 15) is 4.79 Å². The Hall–Kier alpha value is -4.46. The van der Waals surface area contributed by atoms with Crippen molar-refractivity contribution in [3.05, 3.63) is 90.1 Å². The number of methoxy groups -OCH3 is 2. The Kier molecular flexibility index (Phi) is 6.75. The second-order valence-corrected chi connectivity index (χ2v) is 7.02. The minimum Gasteiger partial charge on any atom is -0.493 e. The summed E-state index contributed by atoms with van der Waals surface area (Å²) in [4.78, 5) is 21.1. The third-order valence-corrected chi connectivity index (χ3v) is 4.84. The summed E-state index contributed by atoms with van der Waals surface area (Å²) in [5.74, 6) is 1.86. The van der Waals surface area contributed by atoms with Crippen LogP contribution in [0.4, 0.5) is 5.69 Å². The first-order valence-corrected chi connectivity index (χ1v) is 10.2. The molecule has 8 heteroatoms. The zero-order chi connectivity index (χ0) is 23.0. The Morgan fingerprint density at radius 2 is 1.91 bits per heavy atom. The number of ether oxygens (including phenoxy) is 2. The molecule has 0 atom stereocenters. The van der Waals surface area contributed by atoms with Crippen LogP contribution in [0.5, 0.6) is 11.5 Å². The van der Waals surface area contributed by atoms with Crippen molar-refractivity contribution < 1.29 is 18.8 Å². The minimum absolute atomic E-state index is 0.265. The van der Waals surface area contributed by atoms with Crippen LogP contribution in [0.1, 0.15) is 17.0 Å². The number of benzene rings is 2. The maximum atomic E-state index is 12.5. The fraction of sp³-hybridized carbons (Fsp3) is 0.120. The van der Waals surface area contributed by atoms with Crippen LogP contribution in [-0.4, -0.2) is 35.3 Å². The Morgan fingerprint density at radius 3 is 2.70 bits per heavy atom. The first-order chi connectivity index (χ1) is 16.2. The van der Waals surface area contributed by atoms with Crippen LogP contribution in [0.2, 0.25) is 0 Å².